The molecule has 1 saturated heterocycles. The Morgan fingerprint density at radius 2 is 1.88 bits per heavy atom. The van der Waals surface area contributed by atoms with Gasteiger partial charge in [-0.25, -0.2) is 0 Å². The van der Waals surface area contributed by atoms with Crippen LogP contribution in [0.1, 0.15) is 46.5 Å². The molecule has 0 aromatic rings. The predicted octanol–water partition coefficient (Wildman–Crippen LogP) is 2.72. The van der Waals surface area contributed by atoms with E-state index in [4.69, 9.17) is 5.73 Å². The molecule has 1 heterocycles. The molecule has 2 aliphatic rings. The van der Waals surface area contributed by atoms with Gasteiger partial charge in [-0.15, -0.1) is 0 Å². The monoisotopic (exact) mass is 256 g/mol. The smallest absolute Gasteiger partial charge is 0.0335 e. The van der Waals surface area contributed by atoms with Crippen molar-refractivity contribution in [1.82, 2.24) is 4.90 Å². The lowest BCUT2D eigenvalue weighted by atomic mass is 9.75. The molecule has 0 aromatic carbocycles. The number of nitrogens with zero attached hydrogens (tertiary/aromatic N) is 1. The minimum atomic E-state index is 0.321. The quantitative estimate of drug-likeness (QED) is 0.824. The summed E-state index contributed by atoms with van der Waals surface area (Å²) in [6, 6.07) is 0. The Bertz CT molecular complexity index is 249. The molecule has 1 aliphatic heterocycles. The van der Waals surface area contributed by atoms with Crippen molar-refractivity contribution in [2.45, 2.75) is 62.5 Å². The fraction of sp³-hybridized carbons (Fsp3) is 1.00. The van der Waals surface area contributed by atoms with E-state index in [1.54, 1.807) is 0 Å². The molecular weight excluding hydrogens is 228 g/mol. The van der Waals surface area contributed by atoms with E-state index >= 15 is 0 Å². The molecule has 0 radical (unpaired) electrons. The van der Waals surface area contributed by atoms with Crippen LogP contribution in [0.4, 0.5) is 0 Å². The highest BCUT2D eigenvalue weighted by Gasteiger charge is 2.41. The molecule has 0 spiro atoms. The molecule has 2 N–H and O–H groups in total. The molecule has 4 atom stereocenters. The maximum absolute atomic E-state index is 6.17. The highest BCUT2D eigenvalue weighted by molar-refractivity contribution is 8.00. The number of thioether (sulfide) groups is 1. The summed E-state index contributed by atoms with van der Waals surface area (Å²) in [6.45, 7) is 10.4. The number of hydrogen-bond acceptors (Lipinski definition) is 3. The Hall–Kier alpha value is 0.270. The van der Waals surface area contributed by atoms with Gasteiger partial charge in [-0.3, -0.25) is 4.90 Å². The number of hydrogen-bond donors (Lipinski definition) is 1. The van der Waals surface area contributed by atoms with E-state index in [9.17, 15) is 0 Å². The third-order valence-electron chi connectivity index (χ3n) is 4.54. The lowest BCUT2D eigenvalue weighted by molar-refractivity contribution is 0.0378. The lowest BCUT2D eigenvalue weighted by Crippen LogP contribution is -2.60. The van der Waals surface area contributed by atoms with Gasteiger partial charge < -0.3 is 5.73 Å². The van der Waals surface area contributed by atoms with Gasteiger partial charge in [0, 0.05) is 35.7 Å². The molecule has 2 nitrogen and oxygen atoms in total. The minimum Gasteiger partial charge on any atom is -0.329 e. The van der Waals surface area contributed by atoms with E-state index in [-0.39, 0.29) is 0 Å². The van der Waals surface area contributed by atoms with Gasteiger partial charge >= 0.3 is 0 Å². The molecule has 1 saturated carbocycles. The molecule has 0 aromatic heterocycles. The third-order valence-corrected chi connectivity index (χ3v) is 5.77. The maximum Gasteiger partial charge on any atom is 0.0335 e. The number of nitrogens with two attached hydrogens (primary N) is 1. The fourth-order valence-corrected chi connectivity index (χ4v) is 5.12. The third kappa shape index (κ3) is 2.99. The normalized spacial score (nSPS) is 44.8. The van der Waals surface area contributed by atoms with E-state index in [1.807, 2.05) is 0 Å². The van der Waals surface area contributed by atoms with Crippen molar-refractivity contribution in [3.05, 3.63) is 0 Å². The molecule has 100 valence electrons. The summed E-state index contributed by atoms with van der Waals surface area (Å²) in [6.07, 6.45) is 5.39. The second-order valence-electron chi connectivity index (χ2n) is 6.29. The summed E-state index contributed by atoms with van der Waals surface area (Å²) in [5.74, 6) is 0.854. The summed E-state index contributed by atoms with van der Waals surface area (Å²) in [7, 11) is 0. The van der Waals surface area contributed by atoms with Crippen molar-refractivity contribution >= 4 is 11.8 Å². The van der Waals surface area contributed by atoms with E-state index < -0.39 is 0 Å². The van der Waals surface area contributed by atoms with Crippen molar-refractivity contribution in [2.24, 2.45) is 11.7 Å². The largest absolute Gasteiger partial charge is 0.329 e. The second-order valence-corrected chi connectivity index (χ2v) is 8.17. The summed E-state index contributed by atoms with van der Waals surface area (Å²) in [4.78, 5) is 2.73. The van der Waals surface area contributed by atoms with Crippen LogP contribution in [-0.4, -0.2) is 40.6 Å². The Balaban J connectivity index is 2.10. The zero-order chi connectivity index (χ0) is 12.5. The van der Waals surface area contributed by atoms with Crippen molar-refractivity contribution in [2.75, 3.05) is 19.6 Å². The molecule has 0 bridgehead atoms. The summed E-state index contributed by atoms with van der Waals surface area (Å²) >= 11 is 2.14. The Morgan fingerprint density at radius 1 is 1.24 bits per heavy atom. The average Bonchev–Trinajstić information content (AvgIpc) is 2.27. The van der Waals surface area contributed by atoms with Crippen LogP contribution in [0, 0.1) is 5.92 Å². The van der Waals surface area contributed by atoms with Crippen LogP contribution < -0.4 is 5.73 Å². The molecule has 4 unspecified atom stereocenters. The standard InChI is InChI=1S/C14H28N2S/c1-11-5-4-6-14(7-11,10-15)16-8-12(2)17-13(3)9-16/h11-13H,4-10,15H2,1-3H3. The summed E-state index contributed by atoms with van der Waals surface area (Å²) in [5.41, 5.74) is 6.49. The van der Waals surface area contributed by atoms with Gasteiger partial charge in [0.05, 0.1) is 0 Å². The van der Waals surface area contributed by atoms with Crippen LogP contribution >= 0.6 is 11.8 Å². The van der Waals surface area contributed by atoms with Gasteiger partial charge in [0.2, 0.25) is 0 Å². The van der Waals surface area contributed by atoms with E-state index in [0.717, 1.165) is 23.0 Å². The predicted molar refractivity (Wildman–Crippen MR) is 77.5 cm³/mol. The molecule has 0 amide bonds. The van der Waals surface area contributed by atoms with Crippen LogP contribution in [0.3, 0.4) is 0 Å². The minimum absolute atomic E-state index is 0.321. The summed E-state index contributed by atoms with van der Waals surface area (Å²) in [5, 5.41) is 1.53. The SMILES string of the molecule is CC1CCCC(CN)(N2CC(C)SC(C)C2)C1. The Labute approximate surface area is 111 Å². The maximum atomic E-state index is 6.17. The first kappa shape index (κ1) is 13.7. The Morgan fingerprint density at radius 3 is 2.41 bits per heavy atom. The van der Waals surface area contributed by atoms with Crippen LogP contribution in [0.25, 0.3) is 0 Å². The van der Waals surface area contributed by atoms with Crippen LogP contribution in [0.5, 0.6) is 0 Å². The van der Waals surface area contributed by atoms with Crippen LogP contribution in [-0.2, 0) is 0 Å². The van der Waals surface area contributed by atoms with Gasteiger partial charge in [0.25, 0.3) is 0 Å². The van der Waals surface area contributed by atoms with Gasteiger partial charge in [-0.05, 0) is 18.8 Å². The summed E-state index contributed by atoms with van der Waals surface area (Å²) < 4.78 is 0. The number of rotatable bonds is 2. The van der Waals surface area contributed by atoms with Gasteiger partial charge in [-0.2, -0.15) is 11.8 Å². The first-order valence-corrected chi connectivity index (χ1v) is 8.10. The van der Waals surface area contributed by atoms with Gasteiger partial charge in [-0.1, -0.05) is 33.6 Å². The van der Waals surface area contributed by atoms with Crippen LogP contribution in [0.2, 0.25) is 0 Å². The molecule has 3 heteroatoms. The molecule has 2 rings (SSSR count). The van der Waals surface area contributed by atoms with E-state index in [1.165, 1.54) is 38.8 Å². The molecule has 1 aliphatic carbocycles. The molecular formula is C14H28N2S. The average molecular weight is 256 g/mol. The van der Waals surface area contributed by atoms with Crippen molar-refractivity contribution in [1.29, 1.82) is 0 Å². The van der Waals surface area contributed by atoms with Crippen LogP contribution in [0.15, 0.2) is 0 Å². The highest BCUT2D eigenvalue weighted by Crippen LogP contribution is 2.39. The highest BCUT2D eigenvalue weighted by atomic mass is 32.2. The Kier molecular flexibility index (Phi) is 4.43. The van der Waals surface area contributed by atoms with E-state index in [0.29, 0.717) is 5.54 Å². The second kappa shape index (κ2) is 5.50. The molecule has 2 fully saturated rings. The molecule has 17 heavy (non-hydrogen) atoms. The first-order valence-electron chi connectivity index (χ1n) is 7.16. The first-order chi connectivity index (χ1) is 8.05. The topological polar surface area (TPSA) is 29.3 Å². The fourth-order valence-electron chi connectivity index (χ4n) is 3.80. The van der Waals surface area contributed by atoms with Crippen molar-refractivity contribution < 1.29 is 0 Å². The zero-order valence-corrected chi connectivity index (χ0v) is 12.4. The van der Waals surface area contributed by atoms with Crippen molar-refractivity contribution in [3.8, 4) is 0 Å². The van der Waals surface area contributed by atoms with E-state index in [2.05, 4.69) is 37.4 Å². The van der Waals surface area contributed by atoms with Gasteiger partial charge in [0.15, 0.2) is 0 Å². The lowest BCUT2D eigenvalue weighted by Gasteiger charge is -2.51. The van der Waals surface area contributed by atoms with Crippen molar-refractivity contribution in [3.63, 3.8) is 0 Å². The zero-order valence-electron chi connectivity index (χ0n) is 11.6. The van der Waals surface area contributed by atoms with Gasteiger partial charge in [0.1, 0.15) is 0 Å².